The number of carbonyl (C=O) groups is 1. The molecule has 0 aliphatic carbocycles. The molecule has 18 heavy (non-hydrogen) atoms. The van der Waals surface area contributed by atoms with Crippen LogP contribution in [0.25, 0.3) is 0 Å². The molecule has 3 nitrogen and oxygen atoms in total. The van der Waals surface area contributed by atoms with Crippen LogP contribution in [-0.4, -0.2) is 24.0 Å². The van der Waals surface area contributed by atoms with Gasteiger partial charge in [0, 0.05) is 19.2 Å². The Labute approximate surface area is 106 Å². The van der Waals surface area contributed by atoms with Gasteiger partial charge in [-0.25, -0.2) is 13.6 Å². The fourth-order valence-electron chi connectivity index (χ4n) is 1.80. The summed E-state index contributed by atoms with van der Waals surface area (Å²) in [5, 5.41) is 2.43. The van der Waals surface area contributed by atoms with Gasteiger partial charge in [-0.05, 0) is 25.0 Å². The minimum Gasteiger partial charge on any atom is -0.325 e. The van der Waals surface area contributed by atoms with Crippen molar-refractivity contribution in [3.63, 3.8) is 0 Å². The van der Waals surface area contributed by atoms with E-state index < -0.39 is 17.7 Å². The summed E-state index contributed by atoms with van der Waals surface area (Å²) in [4.78, 5) is 13.4. The van der Waals surface area contributed by atoms with E-state index in [0.717, 1.165) is 25.0 Å². The standard InChI is InChI=1S/C13H18F2N2O/c1-4-10(5-2)17(3)13(18)16-12-7-6-9(14)8-11(12)15/h6-8,10H,4-5H2,1-3H3,(H,16,18). The summed E-state index contributed by atoms with van der Waals surface area (Å²) >= 11 is 0. The van der Waals surface area contributed by atoms with Crippen molar-refractivity contribution < 1.29 is 13.6 Å². The smallest absolute Gasteiger partial charge is 0.321 e. The molecule has 0 aliphatic heterocycles. The molecular formula is C13H18F2N2O. The lowest BCUT2D eigenvalue weighted by Gasteiger charge is -2.26. The van der Waals surface area contributed by atoms with E-state index in [-0.39, 0.29) is 11.7 Å². The highest BCUT2D eigenvalue weighted by Crippen LogP contribution is 2.16. The van der Waals surface area contributed by atoms with Crippen LogP contribution in [0.1, 0.15) is 26.7 Å². The van der Waals surface area contributed by atoms with Gasteiger partial charge in [-0.1, -0.05) is 13.8 Å². The highest BCUT2D eigenvalue weighted by molar-refractivity contribution is 5.89. The Balaban J connectivity index is 2.75. The van der Waals surface area contributed by atoms with Crippen LogP contribution in [0.5, 0.6) is 0 Å². The molecule has 0 saturated heterocycles. The topological polar surface area (TPSA) is 32.3 Å². The second-order valence-corrected chi connectivity index (χ2v) is 4.14. The van der Waals surface area contributed by atoms with Crippen molar-refractivity contribution >= 4 is 11.7 Å². The fourth-order valence-corrected chi connectivity index (χ4v) is 1.80. The molecule has 0 atom stereocenters. The Hall–Kier alpha value is -1.65. The van der Waals surface area contributed by atoms with E-state index in [2.05, 4.69) is 5.32 Å². The van der Waals surface area contributed by atoms with Crippen molar-refractivity contribution in [3.8, 4) is 0 Å². The second kappa shape index (κ2) is 6.33. The average Bonchev–Trinajstić information content (AvgIpc) is 2.34. The Kier molecular flexibility index (Phi) is 5.07. The molecule has 0 heterocycles. The lowest BCUT2D eigenvalue weighted by molar-refractivity contribution is 0.200. The van der Waals surface area contributed by atoms with E-state index in [1.54, 1.807) is 7.05 Å². The first-order chi connectivity index (χ1) is 8.49. The number of nitrogens with one attached hydrogen (secondary N) is 1. The number of anilines is 1. The SMILES string of the molecule is CCC(CC)N(C)C(=O)Nc1ccc(F)cc1F. The summed E-state index contributed by atoms with van der Waals surface area (Å²) in [6, 6.07) is 2.77. The summed E-state index contributed by atoms with van der Waals surface area (Å²) in [6.07, 6.45) is 1.65. The van der Waals surface area contributed by atoms with Gasteiger partial charge >= 0.3 is 6.03 Å². The highest BCUT2D eigenvalue weighted by atomic mass is 19.1. The Morgan fingerprint density at radius 3 is 2.44 bits per heavy atom. The first kappa shape index (κ1) is 14.4. The number of amides is 2. The number of urea groups is 1. The molecule has 0 radical (unpaired) electrons. The molecule has 0 aromatic heterocycles. The van der Waals surface area contributed by atoms with E-state index in [4.69, 9.17) is 0 Å². The van der Waals surface area contributed by atoms with Gasteiger partial charge < -0.3 is 10.2 Å². The third-order valence-corrected chi connectivity index (χ3v) is 2.98. The predicted octanol–water partition coefficient (Wildman–Crippen LogP) is 3.62. The molecule has 0 aliphatic rings. The zero-order valence-corrected chi connectivity index (χ0v) is 10.8. The summed E-state index contributed by atoms with van der Waals surface area (Å²) in [5.41, 5.74) is -0.0146. The second-order valence-electron chi connectivity index (χ2n) is 4.14. The van der Waals surface area contributed by atoms with Crippen LogP contribution in [0, 0.1) is 11.6 Å². The first-order valence-electron chi connectivity index (χ1n) is 5.98. The van der Waals surface area contributed by atoms with Crippen molar-refractivity contribution in [2.24, 2.45) is 0 Å². The Morgan fingerprint density at radius 2 is 1.94 bits per heavy atom. The van der Waals surface area contributed by atoms with E-state index in [9.17, 15) is 13.6 Å². The van der Waals surface area contributed by atoms with E-state index in [1.807, 2.05) is 13.8 Å². The molecule has 5 heteroatoms. The summed E-state index contributed by atoms with van der Waals surface area (Å²) < 4.78 is 26.1. The van der Waals surface area contributed by atoms with Crippen molar-refractivity contribution in [2.45, 2.75) is 32.7 Å². The van der Waals surface area contributed by atoms with Gasteiger partial charge in [0.25, 0.3) is 0 Å². The van der Waals surface area contributed by atoms with Crippen molar-refractivity contribution in [1.82, 2.24) is 4.90 Å². The third kappa shape index (κ3) is 3.42. The minimum absolute atomic E-state index is 0.0146. The molecule has 1 aromatic carbocycles. The van der Waals surface area contributed by atoms with E-state index >= 15 is 0 Å². The zero-order valence-electron chi connectivity index (χ0n) is 10.8. The zero-order chi connectivity index (χ0) is 13.7. The average molecular weight is 256 g/mol. The van der Waals surface area contributed by atoms with Crippen LogP contribution < -0.4 is 5.32 Å². The maximum Gasteiger partial charge on any atom is 0.321 e. The molecule has 2 amide bonds. The predicted molar refractivity (Wildman–Crippen MR) is 67.5 cm³/mol. The lowest BCUT2D eigenvalue weighted by Crippen LogP contribution is -2.39. The summed E-state index contributed by atoms with van der Waals surface area (Å²) in [6.45, 7) is 3.97. The van der Waals surface area contributed by atoms with E-state index in [0.29, 0.717) is 0 Å². The van der Waals surface area contributed by atoms with Crippen molar-refractivity contribution in [2.75, 3.05) is 12.4 Å². The molecule has 1 aromatic rings. The molecule has 0 fully saturated rings. The molecule has 0 saturated carbocycles. The van der Waals surface area contributed by atoms with Gasteiger partial charge in [-0.3, -0.25) is 0 Å². The monoisotopic (exact) mass is 256 g/mol. The normalized spacial score (nSPS) is 10.6. The molecule has 0 spiro atoms. The maximum atomic E-state index is 13.4. The van der Waals surface area contributed by atoms with Gasteiger partial charge in [0.1, 0.15) is 11.6 Å². The maximum absolute atomic E-state index is 13.4. The molecular weight excluding hydrogens is 238 g/mol. The largest absolute Gasteiger partial charge is 0.325 e. The van der Waals surface area contributed by atoms with Crippen LogP contribution in [0.3, 0.4) is 0 Å². The Bertz CT molecular complexity index is 419. The quantitative estimate of drug-likeness (QED) is 0.876. The molecule has 0 unspecified atom stereocenters. The van der Waals surface area contributed by atoms with Gasteiger partial charge in [0.05, 0.1) is 5.69 Å². The van der Waals surface area contributed by atoms with Crippen LogP contribution in [-0.2, 0) is 0 Å². The fraction of sp³-hybridized carbons (Fsp3) is 0.462. The first-order valence-corrected chi connectivity index (χ1v) is 5.98. The van der Waals surface area contributed by atoms with Crippen molar-refractivity contribution in [1.29, 1.82) is 0 Å². The van der Waals surface area contributed by atoms with Crippen LogP contribution in [0.15, 0.2) is 18.2 Å². The highest BCUT2D eigenvalue weighted by Gasteiger charge is 2.17. The van der Waals surface area contributed by atoms with Crippen LogP contribution in [0.2, 0.25) is 0 Å². The van der Waals surface area contributed by atoms with Gasteiger partial charge in [0.2, 0.25) is 0 Å². The number of nitrogens with zero attached hydrogens (tertiary/aromatic N) is 1. The molecule has 100 valence electrons. The Morgan fingerprint density at radius 1 is 1.33 bits per heavy atom. The van der Waals surface area contributed by atoms with Crippen LogP contribution in [0.4, 0.5) is 19.3 Å². The van der Waals surface area contributed by atoms with Crippen LogP contribution >= 0.6 is 0 Å². The molecule has 0 bridgehead atoms. The lowest BCUT2D eigenvalue weighted by atomic mass is 10.1. The number of benzene rings is 1. The number of hydrogen-bond acceptors (Lipinski definition) is 1. The number of rotatable bonds is 4. The third-order valence-electron chi connectivity index (χ3n) is 2.98. The molecule has 1 rings (SSSR count). The van der Waals surface area contributed by atoms with Gasteiger partial charge in [-0.15, -0.1) is 0 Å². The number of carbonyl (C=O) groups excluding carboxylic acids is 1. The summed E-state index contributed by atoms with van der Waals surface area (Å²) in [7, 11) is 1.66. The number of halogens is 2. The molecule has 1 N–H and O–H groups in total. The number of hydrogen-bond donors (Lipinski definition) is 1. The minimum atomic E-state index is -0.777. The summed E-state index contributed by atoms with van der Waals surface area (Å²) in [5.74, 6) is -1.44. The van der Waals surface area contributed by atoms with Gasteiger partial charge in [0.15, 0.2) is 0 Å². The van der Waals surface area contributed by atoms with Gasteiger partial charge in [-0.2, -0.15) is 0 Å². The van der Waals surface area contributed by atoms with E-state index in [1.165, 1.54) is 11.0 Å². The van der Waals surface area contributed by atoms with Crippen molar-refractivity contribution in [3.05, 3.63) is 29.8 Å².